The van der Waals surface area contributed by atoms with Crippen LogP contribution >= 0.6 is 15.9 Å². The highest BCUT2D eigenvalue weighted by atomic mass is 79.9. The predicted molar refractivity (Wildman–Crippen MR) is 94.3 cm³/mol. The summed E-state index contributed by atoms with van der Waals surface area (Å²) in [5.74, 6) is -0.676. The summed E-state index contributed by atoms with van der Waals surface area (Å²) in [6.07, 6.45) is -1.12. The van der Waals surface area contributed by atoms with Crippen LogP contribution in [0.2, 0.25) is 0 Å². The molecule has 1 aromatic rings. The molecule has 0 unspecified atom stereocenters. The van der Waals surface area contributed by atoms with E-state index in [2.05, 4.69) is 25.9 Å². The van der Waals surface area contributed by atoms with Gasteiger partial charge in [0.05, 0.1) is 22.1 Å². The molecule has 25 heavy (non-hydrogen) atoms. The summed E-state index contributed by atoms with van der Waals surface area (Å²) in [5.41, 5.74) is 3.31. The lowest BCUT2D eigenvalue weighted by Crippen LogP contribution is -2.35. The maximum atomic E-state index is 12.8. The SMILES string of the molecule is CCS(C)(=O)(O)c1cc(N=CC=C(N)C(F)(F)F)cnc1C(=O)CBr. The maximum Gasteiger partial charge on any atom is 0.430 e. The van der Waals surface area contributed by atoms with Crippen LogP contribution in [0, 0.1) is 0 Å². The Labute approximate surface area is 150 Å². The van der Waals surface area contributed by atoms with Gasteiger partial charge in [0.1, 0.15) is 11.4 Å². The normalized spacial score (nSPS) is 15.2. The Balaban J connectivity index is 3.40. The number of nitrogens with two attached hydrogens (primary N) is 1. The van der Waals surface area contributed by atoms with Gasteiger partial charge < -0.3 is 5.73 Å². The first kappa shape index (κ1) is 21.5. The van der Waals surface area contributed by atoms with E-state index in [0.29, 0.717) is 6.08 Å². The number of ketones is 1. The zero-order chi connectivity index (χ0) is 19.5. The monoisotopic (exact) mass is 443 g/mol. The molecule has 11 heteroatoms. The van der Waals surface area contributed by atoms with Crippen molar-refractivity contribution in [2.24, 2.45) is 10.7 Å². The Hall–Kier alpha value is -1.59. The van der Waals surface area contributed by atoms with Crippen LogP contribution in [0.25, 0.3) is 0 Å². The molecule has 0 bridgehead atoms. The van der Waals surface area contributed by atoms with Crippen molar-refractivity contribution in [1.82, 2.24) is 4.98 Å². The first-order valence-corrected chi connectivity index (χ1v) is 10.5. The third-order valence-corrected chi connectivity index (χ3v) is 6.58. The molecule has 6 nitrogen and oxygen atoms in total. The maximum absolute atomic E-state index is 12.8. The summed E-state index contributed by atoms with van der Waals surface area (Å²) in [5, 5.41) is -0.104. The van der Waals surface area contributed by atoms with Gasteiger partial charge in [0.15, 0.2) is 5.78 Å². The Morgan fingerprint density at radius 1 is 1.52 bits per heavy atom. The van der Waals surface area contributed by atoms with Gasteiger partial charge in [-0.25, -0.2) is 9.19 Å². The molecule has 1 aromatic heterocycles. The molecular formula is C14H17BrF3N3O3S. The smallest absolute Gasteiger partial charge is 0.395 e. The topological polar surface area (TPSA) is 106 Å². The summed E-state index contributed by atoms with van der Waals surface area (Å²) >= 11 is 2.97. The minimum absolute atomic E-state index is 0.00977. The molecule has 1 rings (SSSR count). The molecule has 0 radical (unpaired) electrons. The van der Waals surface area contributed by atoms with Crippen LogP contribution in [0.4, 0.5) is 18.9 Å². The summed E-state index contributed by atoms with van der Waals surface area (Å²) in [6, 6.07) is 1.16. The number of hydrogen-bond acceptors (Lipinski definition) is 5. The van der Waals surface area contributed by atoms with Gasteiger partial charge in [-0.1, -0.05) is 15.9 Å². The minimum atomic E-state index is -4.68. The van der Waals surface area contributed by atoms with Gasteiger partial charge >= 0.3 is 6.18 Å². The Bertz CT molecular complexity index is 800. The minimum Gasteiger partial charge on any atom is -0.395 e. The summed E-state index contributed by atoms with van der Waals surface area (Å²) in [4.78, 5) is 19.3. The van der Waals surface area contributed by atoms with Crippen molar-refractivity contribution in [2.45, 2.75) is 18.0 Å². The second-order valence-electron chi connectivity index (χ2n) is 5.27. The van der Waals surface area contributed by atoms with Crippen LogP contribution in [0.15, 0.2) is 33.9 Å². The molecule has 140 valence electrons. The number of nitrogens with zero attached hydrogens (tertiary/aromatic N) is 2. The van der Waals surface area contributed by atoms with Crippen molar-refractivity contribution in [1.29, 1.82) is 0 Å². The molecule has 0 fully saturated rings. The van der Waals surface area contributed by atoms with Crippen LogP contribution in [-0.2, 0) is 9.35 Å². The van der Waals surface area contributed by atoms with Crippen molar-refractivity contribution in [3.05, 3.63) is 29.7 Å². The molecule has 0 aliphatic carbocycles. The summed E-state index contributed by atoms with van der Waals surface area (Å²) in [6.45, 7) is 1.47. The average molecular weight is 444 g/mol. The van der Waals surface area contributed by atoms with E-state index in [0.717, 1.165) is 24.7 Å². The number of aromatic nitrogens is 1. The van der Waals surface area contributed by atoms with Crippen molar-refractivity contribution >= 4 is 43.0 Å². The van der Waals surface area contributed by atoms with Crippen molar-refractivity contribution in [3.63, 3.8) is 0 Å². The van der Waals surface area contributed by atoms with Gasteiger partial charge in [0, 0.05) is 18.2 Å². The van der Waals surface area contributed by atoms with E-state index >= 15 is 0 Å². The second-order valence-corrected chi connectivity index (χ2v) is 9.81. The predicted octanol–water partition coefficient (Wildman–Crippen LogP) is 3.07. The number of allylic oxidation sites excluding steroid dienone is 2. The number of Topliss-reactive ketones (excluding diaryl/α,β-unsaturated/α-hetero) is 1. The lowest BCUT2D eigenvalue weighted by atomic mass is 10.2. The Morgan fingerprint density at radius 2 is 2.12 bits per heavy atom. The molecular weight excluding hydrogens is 427 g/mol. The molecule has 0 amide bonds. The highest BCUT2D eigenvalue weighted by Gasteiger charge is 2.31. The summed E-state index contributed by atoms with van der Waals surface area (Å²) in [7, 11) is -4.35. The Morgan fingerprint density at radius 3 is 2.60 bits per heavy atom. The average Bonchev–Trinajstić information content (AvgIpc) is 2.52. The fraction of sp³-hybridized carbons (Fsp3) is 0.357. The largest absolute Gasteiger partial charge is 0.430 e. The van der Waals surface area contributed by atoms with Crippen LogP contribution in [0.5, 0.6) is 0 Å². The van der Waals surface area contributed by atoms with Gasteiger partial charge in [-0.05, 0) is 19.1 Å². The van der Waals surface area contributed by atoms with Gasteiger partial charge in [-0.3, -0.25) is 14.3 Å². The number of carbonyl (C=O) groups is 1. The van der Waals surface area contributed by atoms with E-state index in [1.54, 1.807) is 0 Å². The van der Waals surface area contributed by atoms with Gasteiger partial charge in [0.25, 0.3) is 0 Å². The van der Waals surface area contributed by atoms with Crippen LogP contribution in [0.1, 0.15) is 17.4 Å². The van der Waals surface area contributed by atoms with E-state index in [1.807, 2.05) is 0 Å². The molecule has 0 aliphatic heterocycles. The first-order valence-electron chi connectivity index (χ1n) is 6.84. The molecule has 0 spiro atoms. The number of pyridine rings is 1. The van der Waals surface area contributed by atoms with E-state index in [4.69, 9.17) is 5.73 Å². The standard InChI is InChI=1S/C14H17BrF3N3O3S/c1-3-25(2,23,24)11-6-9(8-21-13(11)10(22)7-15)20-5-4-12(19)14(16,17)18/h4-6,8H,3,7,19H2,1-2H3,(H,23,24). The quantitative estimate of drug-likeness (QED) is 0.399. The number of alkyl halides is 4. The molecule has 0 saturated carbocycles. The van der Waals surface area contributed by atoms with Gasteiger partial charge in [-0.15, -0.1) is 0 Å². The van der Waals surface area contributed by atoms with Crippen molar-refractivity contribution in [2.75, 3.05) is 17.3 Å². The fourth-order valence-corrected chi connectivity index (χ4v) is 3.29. The number of rotatable bonds is 6. The molecule has 0 aromatic carbocycles. The number of aliphatic imine (C=N–C) groups is 1. The van der Waals surface area contributed by atoms with Crippen molar-refractivity contribution < 1.29 is 26.7 Å². The summed E-state index contributed by atoms with van der Waals surface area (Å²) < 4.78 is 60.1. The van der Waals surface area contributed by atoms with Gasteiger partial charge in [0.2, 0.25) is 0 Å². The van der Waals surface area contributed by atoms with Crippen LogP contribution in [0.3, 0.4) is 0 Å². The molecule has 0 atom stereocenters. The van der Waals surface area contributed by atoms with Crippen LogP contribution < -0.4 is 5.73 Å². The number of hydrogen-bond donors (Lipinski definition) is 2. The molecule has 1 heterocycles. The zero-order valence-corrected chi connectivity index (χ0v) is 15.8. The number of carbonyl (C=O) groups excluding carboxylic acids is 1. The third kappa shape index (κ3) is 5.44. The van der Waals surface area contributed by atoms with Crippen LogP contribution in [-0.4, -0.2) is 49.3 Å². The number of halogens is 4. The zero-order valence-electron chi connectivity index (χ0n) is 13.4. The first-order chi connectivity index (χ1) is 11.3. The third-order valence-electron chi connectivity index (χ3n) is 3.27. The fourth-order valence-electron chi connectivity index (χ4n) is 1.63. The highest BCUT2D eigenvalue weighted by Crippen LogP contribution is 2.34. The van der Waals surface area contributed by atoms with E-state index in [-0.39, 0.29) is 27.4 Å². The van der Waals surface area contributed by atoms with E-state index < -0.39 is 27.0 Å². The lowest BCUT2D eigenvalue weighted by molar-refractivity contribution is -0.0925. The Kier molecular flexibility index (Phi) is 6.30. The van der Waals surface area contributed by atoms with Crippen molar-refractivity contribution in [3.8, 4) is 0 Å². The van der Waals surface area contributed by atoms with E-state index in [9.17, 15) is 26.7 Å². The highest BCUT2D eigenvalue weighted by molar-refractivity contribution is 9.09. The second kappa shape index (κ2) is 7.34. The molecule has 0 saturated heterocycles. The van der Waals surface area contributed by atoms with Gasteiger partial charge in [-0.2, -0.15) is 22.5 Å². The lowest BCUT2D eigenvalue weighted by Gasteiger charge is -2.38. The molecule has 0 aliphatic rings. The molecule has 3 N–H and O–H groups in total. The van der Waals surface area contributed by atoms with E-state index in [1.165, 1.54) is 6.92 Å².